The Morgan fingerprint density at radius 2 is 1.74 bits per heavy atom. The van der Waals surface area contributed by atoms with E-state index in [1.165, 1.54) is 16.3 Å². The van der Waals surface area contributed by atoms with E-state index in [0.29, 0.717) is 14.5 Å². The number of fused-ring (bicyclic) bond motifs is 2. The Morgan fingerprint density at radius 1 is 0.895 bits per heavy atom. The van der Waals surface area contributed by atoms with Crippen molar-refractivity contribution in [1.29, 1.82) is 0 Å². The quantitative estimate of drug-likeness (QED) is 0.405. The number of hydrogen-bond acceptors (Lipinski definition) is 0. The molecule has 0 atom stereocenters. The number of aryl methyl sites for hydroxylation is 1. The summed E-state index contributed by atoms with van der Waals surface area (Å²) in [6.45, 7) is 2.26. The molecular formula is C17H12SeTe. The summed E-state index contributed by atoms with van der Waals surface area (Å²) in [4.78, 5) is 0. The molecule has 0 fully saturated rings. The molecule has 0 unspecified atom stereocenters. The van der Waals surface area contributed by atoms with Crippen LogP contribution in [-0.2, 0) is 0 Å². The molecule has 19 heavy (non-hydrogen) atoms. The van der Waals surface area contributed by atoms with Crippen LogP contribution < -0.4 is 0 Å². The van der Waals surface area contributed by atoms with Crippen LogP contribution in [0.5, 0.6) is 0 Å². The zero-order valence-electron chi connectivity index (χ0n) is 10.5. The Balaban J connectivity index is 1.96. The molecule has 4 aromatic rings. The molecule has 0 radical (unpaired) electrons. The van der Waals surface area contributed by atoms with Crippen molar-refractivity contribution in [1.82, 2.24) is 0 Å². The number of rotatable bonds is 1. The van der Waals surface area contributed by atoms with Gasteiger partial charge in [0.25, 0.3) is 0 Å². The molecule has 2 aromatic heterocycles. The fourth-order valence-corrected chi connectivity index (χ4v) is 8.07. The van der Waals surface area contributed by atoms with Crippen molar-refractivity contribution in [3.8, 4) is 9.14 Å². The van der Waals surface area contributed by atoms with E-state index in [9.17, 15) is 0 Å². The zero-order chi connectivity index (χ0) is 12.8. The maximum atomic E-state index is 2.49. The summed E-state index contributed by atoms with van der Waals surface area (Å²) in [5.41, 5.74) is 1.42. The van der Waals surface area contributed by atoms with Crippen molar-refractivity contribution in [2.24, 2.45) is 0 Å². The van der Waals surface area contributed by atoms with Crippen LogP contribution in [0.4, 0.5) is 0 Å². The predicted molar refractivity (Wildman–Crippen MR) is 85.5 cm³/mol. The summed E-state index contributed by atoms with van der Waals surface area (Å²) < 4.78 is 6.36. The first kappa shape index (κ1) is 12.0. The molecule has 0 N–H and O–H groups in total. The van der Waals surface area contributed by atoms with Gasteiger partial charge in [-0.1, -0.05) is 0 Å². The Kier molecular flexibility index (Phi) is 2.94. The van der Waals surface area contributed by atoms with Crippen molar-refractivity contribution < 1.29 is 0 Å². The molecule has 0 aliphatic heterocycles. The van der Waals surface area contributed by atoms with Gasteiger partial charge < -0.3 is 0 Å². The summed E-state index contributed by atoms with van der Waals surface area (Å²) in [6.07, 6.45) is 0. The predicted octanol–water partition coefficient (Wildman–Crippen LogP) is 4.08. The second kappa shape index (κ2) is 4.65. The van der Waals surface area contributed by atoms with E-state index < -0.39 is 0 Å². The molecule has 0 nitrogen and oxygen atoms in total. The van der Waals surface area contributed by atoms with Crippen molar-refractivity contribution >= 4 is 53.4 Å². The van der Waals surface area contributed by atoms with Crippen LogP contribution in [-0.4, -0.2) is 34.9 Å². The van der Waals surface area contributed by atoms with E-state index >= 15 is 0 Å². The van der Waals surface area contributed by atoms with Gasteiger partial charge in [0.15, 0.2) is 0 Å². The van der Waals surface area contributed by atoms with E-state index in [2.05, 4.69) is 61.5 Å². The van der Waals surface area contributed by atoms with Gasteiger partial charge in [0.1, 0.15) is 0 Å². The first-order valence-corrected chi connectivity index (χ1v) is 10.3. The Hall–Kier alpha value is -0.771. The van der Waals surface area contributed by atoms with Gasteiger partial charge in [-0.25, -0.2) is 0 Å². The van der Waals surface area contributed by atoms with Gasteiger partial charge in [-0.05, 0) is 0 Å². The van der Waals surface area contributed by atoms with Crippen LogP contribution in [0.2, 0.25) is 0 Å². The first-order chi connectivity index (χ1) is 9.29. The third-order valence-corrected chi connectivity index (χ3v) is 8.74. The van der Waals surface area contributed by atoms with Gasteiger partial charge in [0.2, 0.25) is 0 Å². The van der Waals surface area contributed by atoms with E-state index in [1.54, 1.807) is 15.7 Å². The summed E-state index contributed by atoms with van der Waals surface area (Å²) in [7, 11) is 0. The molecule has 0 bridgehead atoms. The molecule has 0 saturated carbocycles. The van der Waals surface area contributed by atoms with Gasteiger partial charge in [-0.3, -0.25) is 0 Å². The standard InChI is InChI=1S/C17H12SeTe/c1-11-7-13-8-14-9-16(12-5-3-2-4-6-12)19-17(14)10-15(13)18-11/h2-10H,1H3. The molecule has 0 aliphatic rings. The van der Waals surface area contributed by atoms with Crippen LogP contribution in [0.25, 0.3) is 27.6 Å². The Morgan fingerprint density at radius 3 is 2.58 bits per heavy atom. The first-order valence-electron chi connectivity index (χ1n) is 6.29. The Bertz CT molecular complexity index is 817. The zero-order valence-corrected chi connectivity index (χ0v) is 14.6. The van der Waals surface area contributed by atoms with Crippen LogP contribution in [0.3, 0.4) is 0 Å². The normalized spacial score (nSPS) is 11.4. The van der Waals surface area contributed by atoms with Gasteiger partial charge in [0.05, 0.1) is 0 Å². The molecule has 4 rings (SSSR count). The molecular weight excluding hydrogens is 411 g/mol. The SMILES string of the molecule is Cc1cc2cc3cc(-c4ccccc4)[te]c3cc2[se]1. The average molecular weight is 423 g/mol. The molecule has 0 amide bonds. The van der Waals surface area contributed by atoms with E-state index in [4.69, 9.17) is 0 Å². The van der Waals surface area contributed by atoms with Gasteiger partial charge in [-0.15, -0.1) is 0 Å². The van der Waals surface area contributed by atoms with Gasteiger partial charge in [0, 0.05) is 0 Å². The molecule has 2 heteroatoms. The summed E-state index contributed by atoms with van der Waals surface area (Å²) in [5, 5.41) is 2.94. The third-order valence-electron chi connectivity index (χ3n) is 3.34. The van der Waals surface area contributed by atoms with Crippen molar-refractivity contribution in [3.05, 3.63) is 59.0 Å². The molecule has 0 aliphatic carbocycles. The fraction of sp³-hybridized carbons (Fsp3) is 0.0588. The minimum absolute atomic E-state index is 0.193. The van der Waals surface area contributed by atoms with Crippen LogP contribution in [0.15, 0.2) is 54.6 Å². The summed E-state index contributed by atoms with van der Waals surface area (Å²) in [6, 6.07) is 20.5. The minimum atomic E-state index is -0.193. The van der Waals surface area contributed by atoms with E-state index in [-0.39, 0.29) is 20.4 Å². The monoisotopic (exact) mass is 426 g/mol. The second-order valence-electron chi connectivity index (χ2n) is 4.76. The van der Waals surface area contributed by atoms with Crippen LogP contribution >= 0.6 is 0 Å². The van der Waals surface area contributed by atoms with Gasteiger partial charge in [-0.2, -0.15) is 0 Å². The number of benzene rings is 2. The van der Waals surface area contributed by atoms with Gasteiger partial charge >= 0.3 is 128 Å². The third kappa shape index (κ3) is 2.14. The molecule has 0 spiro atoms. The van der Waals surface area contributed by atoms with E-state index in [1.807, 2.05) is 0 Å². The fourth-order valence-electron chi connectivity index (χ4n) is 2.45. The van der Waals surface area contributed by atoms with Crippen LogP contribution in [0, 0.1) is 6.92 Å². The maximum absolute atomic E-state index is 2.49. The average Bonchev–Trinajstić information content (AvgIpc) is 2.98. The van der Waals surface area contributed by atoms with Crippen molar-refractivity contribution in [2.45, 2.75) is 6.92 Å². The van der Waals surface area contributed by atoms with E-state index in [0.717, 1.165) is 0 Å². The second-order valence-corrected chi connectivity index (χ2v) is 10.6. The molecule has 2 aromatic carbocycles. The number of hydrogen-bond donors (Lipinski definition) is 0. The Labute approximate surface area is 128 Å². The molecule has 92 valence electrons. The molecule has 0 saturated heterocycles. The van der Waals surface area contributed by atoms with Crippen LogP contribution in [0.1, 0.15) is 4.44 Å². The topological polar surface area (TPSA) is 0 Å². The summed E-state index contributed by atoms with van der Waals surface area (Å²) in [5.74, 6) is 0. The summed E-state index contributed by atoms with van der Waals surface area (Å²) >= 11 is 0.383. The van der Waals surface area contributed by atoms with Crippen molar-refractivity contribution in [3.63, 3.8) is 0 Å². The van der Waals surface area contributed by atoms with Crippen molar-refractivity contribution in [2.75, 3.05) is 0 Å². The molecule has 2 heterocycles.